The van der Waals surface area contributed by atoms with E-state index in [2.05, 4.69) is 9.44 Å². The quantitative estimate of drug-likeness (QED) is 0.370. The monoisotopic (exact) mass is 577 g/mol. The number of nitrogens with one attached hydrogen (secondary N) is 2. The lowest BCUT2D eigenvalue weighted by atomic mass is 10.2. The molecule has 1 fully saturated rings. The van der Waals surface area contributed by atoms with E-state index >= 15 is 0 Å². The normalized spacial score (nSPS) is 14.1. The molecular weight excluding hydrogens is 550 g/mol. The van der Waals surface area contributed by atoms with Crippen LogP contribution in [-0.2, 0) is 24.8 Å². The van der Waals surface area contributed by atoms with Crippen molar-refractivity contribution in [2.45, 2.75) is 14.7 Å². The van der Waals surface area contributed by atoms with Gasteiger partial charge < -0.3 is 14.4 Å². The van der Waals surface area contributed by atoms with Gasteiger partial charge in [0.15, 0.2) is 0 Å². The minimum Gasteiger partial charge on any atom is -0.497 e. The van der Waals surface area contributed by atoms with E-state index in [1.165, 1.54) is 55.3 Å². The Morgan fingerprint density at radius 3 is 1.92 bits per heavy atom. The molecule has 2 N–H and O–H groups in total. The molecule has 3 aromatic carbocycles. The van der Waals surface area contributed by atoms with Gasteiger partial charge in [-0.15, -0.1) is 11.8 Å². The maximum atomic E-state index is 13.1. The summed E-state index contributed by atoms with van der Waals surface area (Å²) in [7, 11) is -6.45. The van der Waals surface area contributed by atoms with Gasteiger partial charge in [-0.3, -0.25) is 14.2 Å². The number of carbonyl (C=O) groups is 1. The van der Waals surface area contributed by atoms with Crippen LogP contribution in [0.15, 0.2) is 81.4 Å². The summed E-state index contributed by atoms with van der Waals surface area (Å²) in [6.07, 6.45) is 1.82. The summed E-state index contributed by atoms with van der Waals surface area (Å²) in [6.45, 7) is 1.73. The van der Waals surface area contributed by atoms with Crippen LogP contribution in [0.3, 0.4) is 0 Å². The summed E-state index contributed by atoms with van der Waals surface area (Å²) >= 11 is 1.35. The van der Waals surface area contributed by atoms with E-state index in [0.29, 0.717) is 48.2 Å². The molecule has 4 rings (SSSR count). The highest BCUT2D eigenvalue weighted by molar-refractivity contribution is 7.98. The van der Waals surface area contributed by atoms with Crippen molar-refractivity contribution in [3.05, 3.63) is 72.3 Å². The fourth-order valence-electron chi connectivity index (χ4n) is 3.75. The van der Waals surface area contributed by atoms with Gasteiger partial charge in [-0.05, 0) is 73.0 Å². The molecule has 0 spiro atoms. The molecule has 10 nitrogen and oxygen atoms in total. The fraction of sp³-hybridized carbons (Fsp3) is 0.240. The third-order valence-electron chi connectivity index (χ3n) is 5.77. The number of sulfonamides is 2. The van der Waals surface area contributed by atoms with Crippen molar-refractivity contribution in [1.29, 1.82) is 0 Å². The third kappa shape index (κ3) is 6.41. The lowest BCUT2D eigenvalue weighted by Crippen LogP contribution is -2.40. The number of hydrogen-bond donors (Lipinski definition) is 2. The molecule has 0 bridgehead atoms. The molecule has 0 saturated carbocycles. The van der Waals surface area contributed by atoms with E-state index < -0.39 is 20.0 Å². The van der Waals surface area contributed by atoms with Gasteiger partial charge in [0.2, 0.25) is 0 Å². The van der Waals surface area contributed by atoms with Crippen LogP contribution in [-0.4, -0.2) is 67.3 Å². The van der Waals surface area contributed by atoms with Crippen LogP contribution in [0.1, 0.15) is 10.4 Å². The highest BCUT2D eigenvalue weighted by Gasteiger charge is 2.24. The highest BCUT2D eigenvalue weighted by atomic mass is 32.2. The number of amides is 1. The average molecular weight is 578 g/mol. The molecule has 202 valence electrons. The van der Waals surface area contributed by atoms with Crippen LogP contribution in [0, 0.1) is 0 Å². The summed E-state index contributed by atoms with van der Waals surface area (Å²) in [6, 6.07) is 16.1. The minimum atomic E-state index is -4.06. The Balaban J connectivity index is 1.51. The van der Waals surface area contributed by atoms with Gasteiger partial charge >= 0.3 is 0 Å². The third-order valence-corrected chi connectivity index (χ3v) is 9.34. The number of methoxy groups -OCH3 is 1. The van der Waals surface area contributed by atoms with Crippen LogP contribution in [0.4, 0.5) is 11.4 Å². The lowest BCUT2D eigenvalue weighted by Gasteiger charge is -2.27. The molecule has 1 aliphatic rings. The van der Waals surface area contributed by atoms with Crippen molar-refractivity contribution < 1.29 is 31.1 Å². The predicted molar refractivity (Wildman–Crippen MR) is 146 cm³/mol. The van der Waals surface area contributed by atoms with E-state index in [1.807, 2.05) is 6.26 Å². The van der Waals surface area contributed by atoms with E-state index in [1.54, 1.807) is 35.2 Å². The number of morpholine rings is 1. The number of anilines is 2. The molecule has 13 heteroatoms. The Bertz CT molecular complexity index is 1500. The predicted octanol–water partition coefficient (Wildman–Crippen LogP) is 3.49. The Kier molecular flexibility index (Phi) is 8.51. The van der Waals surface area contributed by atoms with Crippen molar-refractivity contribution in [2.24, 2.45) is 0 Å². The molecule has 1 aliphatic heterocycles. The molecule has 0 aliphatic carbocycles. The van der Waals surface area contributed by atoms with Gasteiger partial charge in [0.25, 0.3) is 26.0 Å². The number of thioether (sulfide) groups is 1. The molecule has 3 aromatic rings. The first-order valence-corrected chi connectivity index (χ1v) is 15.7. The number of benzene rings is 3. The van der Waals surface area contributed by atoms with Gasteiger partial charge in [-0.2, -0.15) is 0 Å². The second-order valence-electron chi connectivity index (χ2n) is 8.23. The van der Waals surface area contributed by atoms with E-state index in [4.69, 9.17) is 9.47 Å². The van der Waals surface area contributed by atoms with E-state index in [-0.39, 0.29) is 21.4 Å². The molecule has 1 amide bonds. The van der Waals surface area contributed by atoms with Gasteiger partial charge in [0.1, 0.15) is 5.75 Å². The van der Waals surface area contributed by atoms with Gasteiger partial charge in [-0.25, -0.2) is 16.8 Å². The van der Waals surface area contributed by atoms with Gasteiger partial charge in [0, 0.05) is 29.4 Å². The van der Waals surface area contributed by atoms with Gasteiger partial charge in [-0.1, -0.05) is 0 Å². The number of rotatable bonds is 9. The minimum absolute atomic E-state index is 0.0426. The summed E-state index contributed by atoms with van der Waals surface area (Å²) in [5, 5.41) is 0. The standard InChI is InChI=1S/C25H27N3O7S3/c1-34-20-7-3-18(4-8-20)26-37(30,31)21-9-5-19(6-10-21)27-38(32,33)22-11-12-24(36-2)23(17-22)25(29)28-13-15-35-16-14-28/h3-12,17,26-27H,13-16H2,1-2H3. The van der Waals surface area contributed by atoms with Crippen LogP contribution >= 0.6 is 11.8 Å². The first-order valence-electron chi connectivity index (χ1n) is 11.5. The summed E-state index contributed by atoms with van der Waals surface area (Å²) in [5.74, 6) is 0.332. The second kappa shape index (κ2) is 11.6. The molecule has 0 radical (unpaired) electrons. The Labute approximate surface area is 226 Å². The van der Waals surface area contributed by atoms with Crippen molar-refractivity contribution >= 4 is 49.1 Å². The maximum Gasteiger partial charge on any atom is 0.261 e. The average Bonchev–Trinajstić information content (AvgIpc) is 2.93. The number of nitrogens with zero attached hydrogens (tertiary/aromatic N) is 1. The van der Waals surface area contributed by atoms with E-state index in [0.717, 1.165) is 0 Å². The molecular formula is C25H27N3O7S3. The number of carbonyl (C=O) groups excluding carboxylic acids is 1. The zero-order chi connectivity index (χ0) is 27.3. The first kappa shape index (κ1) is 27.8. The molecule has 1 heterocycles. The van der Waals surface area contributed by atoms with Crippen molar-refractivity contribution in [2.75, 3.05) is 49.1 Å². The fourth-order valence-corrected chi connectivity index (χ4v) is 6.46. The first-order chi connectivity index (χ1) is 18.1. The Morgan fingerprint density at radius 1 is 0.842 bits per heavy atom. The zero-order valence-electron chi connectivity index (χ0n) is 20.7. The van der Waals surface area contributed by atoms with E-state index in [9.17, 15) is 21.6 Å². The van der Waals surface area contributed by atoms with Crippen LogP contribution in [0.2, 0.25) is 0 Å². The van der Waals surface area contributed by atoms with Crippen molar-refractivity contribution in [3.8, 4) is 5.75 Å². The SMILES string of the molecule is COc1ccc(NS(=O)(=O)c2ccc(NS(=O)(=O)c3ccc(SC)c(C(=O)N4CCOCC4)c3)cc2)cc1. The van der Waals surface area contributed by atoms with Crippen LogP contribution in [0.25, 0.3) is 0 Å². The summed E-state index contributed by atoms with van der Waals surface area (Å²) < 4.78 is 67.0. The maximum absolute atomic E-state index is 13.1. The molecule has 0 unspecified atom stereocenters. The zero-order valence-corrected chi connectivity index (χ0v) is 23.2. The Hall–Kier alpha value is -3.26. The van der Waals surface area contributed by atoms with Crippen molar-refractivity contribution in [1.82, 2.24) is 4.90 Å². The summed E-state index contributed by atoms with van der Waals surface area (Å²) in [5.41, 5.74) is 0.823. The smallest absolute Gasteiger partial charge is 0.261 e. The highest BCUT2D eigenvalue weighted by Crippen LogP contribution is 2.27. The number of hydrogen-bond acceptors (Lipinski definition) is 8. The van der Waals surface area contributed by atoms with Gasteiger partial charge in [0.05, 0.1) is 35.7 Å². The molecule has 38 heavy (non-hydrogen) atoms. The topological polar surface area (TPSA) is 131 Å². The summed E-state index contributed by atoms with van der Waals surface area (Å²) in [4.78, 5) is 15.3. The molecule has 0 atom stereocenters. The van der Waals surface area contributed by atoms with Crippen LogP contribution < -0.4 is 14.2 Å². The molecule has 1 saturated heterocycles. The number of ether oxygens (including phenoxy) is 2. The van der Waals surface area contributed by atoms with Crippen molar-refractivity contribution in [3.63, 3.8) is 0 Å². The largest absolute Gasteiger partial charge is 0.497 e. The molecule has 0 aromatic heterocycles. The second-order valence-corrected chi connectivity index (χ2v) is 12.4. The lowest BCUT2D eigenvalue weighted by molar-refractivity contribution is 0.0300. The van der Waals surface area contributed by atoms with Crippen LogP contribution in [0.5, 0.6) is 5.75 Å². The Morgan fingerprint density at radius 2 is 1.37 bits per heavy atom.